The van der Waals surface area contributed by atoms with Gasteiger partial charge in [-0.15, -0.1) is 0 Å². The third-order valence-corrected chi connectivity index (χ3v) is 7.13. The van der Waals surface area contributed by atoms with Crippen LogP contribution in [0.5, 0.6) is 0 Å². The number of hydrogen-bond acceptors (Lipinski definition) is 3. The minimum absolute atomic E-state index is 0.000530. The van der Waals surface area contributed by atoms with E-state index in [0.717, 1.165) is 37.0 Å². The molecule has 0 aliphatic heterocycles. The summed E-state index contributed by atoms with van der Waals surface area (Å²) >= 11 is 0. The number of benzene rings is 1. The average Bonchev–Trinajstić information content (AvgIpc) is 2.65. The van der Waals surface area contributed by atoms with Crippen molar-refractivity contribution in [3.8, 4) is 0 Å². The highest BCUT2D eigenvalue weighted by Crippen LogP contribution is 2.57. The first kappa shape index (κ1) is 21.3. The molecule has 0 saturated heterocycles. The summed E-state index contributed by atoms with van der Waals surface area (Å²) in [6.45, 7) is 11.2. The second-order valence-corrected chi connectivity index (χ2v) is 9.59. The number of nitrogens with one attached hydrogen (secondary N) is 2. The van der Waals surface area contributed by atoms with Crippen LogP contribution in [0.25, 0.3) is 0 Å². The van der Waals surface area contributed by atoms with Crippen LogP contribution in [-0.4, -0.2) is 24.2 Å². The highest BCUT2D eigenvalue weighted by molar-refractivity contribution is 6.04. The monoisotopic (exact) mass is 398 g/mol. The van der Waals surface area contributed by atoms with Crippen LogP contribution in [0.4, 0.5) is 4.79 Å². The molecule has 29 heavy (non-hydrogen) atoms. The molecule has 0 aromatic heterocycles. The summed E-state index contributed by atoms with van der Waals surface area (Å²) in [6.07, 6.45) is 4.04. The molecule has 158 valence electrons. The molecule has 0 spiro atoms. The molecule has 3 amide bonds. The number of amides is 3. The van der Waals surface area contributed by atoms with Crippen molar-refractivity contribution < 1.29 is 9.59 Å². The number of hydrogen-bond donors (Lipinski definition) is 3. The first-order valence-corrected chi connectivity index (χ1v) is 10.6. The van der Waals surface area contributed by atoms with Gasteiger partial charge in [0.05, 0.1) is 5.71 Å². The predicted molar refractivity (Wildman–Crippen MR) is 116 cm³/mol. The minimum atomic E-state index is -0.656. The molecule has 1 fully saturated rings. The van der Waals surface area contributed by atoms with Gasteiger partial charge in [-0.3, -0.25) is 4.79 Å². The van der Waals surface area contributed by atoms with Crippen molar-refractivity contribution in [2.45, 2.75) is 71.6 Å². The maximum atomic E-state index is 11.6. The van der Waals surface area contributed by atoms with Gasteiger partial charge in [-0.25, -0.2) is 10.2 Å². The van der Waals surface area contributed by atoms with Gasteiger partial charge in [0, 0.05) is 19.0 Å². The summed E-state index contributed by atoms with van der Waals surface area (Å²) in [5.41, 5.74) is 12.2. The lowest BCUT2D eigenvalue weighted by Gasteiger charge is -2.55. The summed E-state index contributed by atoms with van der Waals surface area (Å²) in [7, 11) is 0. The number of carbonyl (C=O) groups is 2. The maximum Gasteiger partial charge on any atom is 0.332 e. The molecule has 1 saturated carbocycles. The molecule has 6 nitrogen and oxygen atoms in total. The Kier molecular flexibility index (Phi) is 5.74. The second kappa shape index (κ2) is 7.81. The smallest absolute Gasteiger partial charge is 0.332 e. The number of urea groups is 1. The molecule has 2 aliphatic carbocycles. The normalized spacial score (nSPS) is 29.9. The van der Waals surface area contributed by atoms with Gasteiger partial charge in [0.2, 0.25) is 5.91 Å². The van der Waals surface area contributed by atoms with Crippen molar-refractivity contribution in [2.24, 2.45) is 22.2 Å². The fourth-order valence-electron chi connectivity index (χ4n) is 5.50. The van der Waals surface area contributed by atoms with Crippen molar-refractivity contribution in [2.75, 3.05) is 6.54 Å². The number of carbonyl (C=O) groups excluding carboxylic acids is 2. The number of rotatable bonds is 4. The van der Waals surface area contributed by atoms with Crippen molar-refractivity contribution in [1.82, 2.24) is 10.7 Å². The Bertz CT molecular complexity index is 847. The Labute approximate surface area is 173 Å². The van der Waals surface area contributed by atoms with Crippen molar-refractivity contribution >= 4 is 17.6 Å². The Morgan fingerprint density at radius 1 is 1.28 bits per heavy atom. The number of nitrogens with two attached hydrogens (primary N) is 1. The van der Waals surface area contributed by atoms with Gasteiger partial charge in [-0.1, -0.05) is 46.2 Å². The van der Waals surface area contributed by atoms with E-state index < -0.39 is 6.03 Å². The van der Waals surface area contributed by atoms with Crippen LogP contribution in [0.2, 0.25) is 0 Å². The molecule has 0 bridgehead atoms. The van der Waals surface area contributed by atoms with Gasteiger partial charge >= 0.3 is 6.03 Å². The van der Waals surface area contributed by atoms with Crippen LogP contribution in [0.1, 0.15) is 82.9 Å². The summed E-state index contributed by atoms with van der Waals surface area (Å²) in [6, 6.07) is 6.04. The first-order valence-electron chi connectivity index (χ1n) is 10.6. The molecular formula is C23H34N4O2. The molecule has 3 atom stereocenters. The molecule has 6 heteroatoms. The molecule has 4 N–H and O–H groups in total. The third-order valence-electron chi connectivity index (χ3n) is 7.13. The van der Waals surface area contributed by atoms with Gasteiger partial charge in [0.25, 0.3) is 0 Å². The SMILES string of the molecule is CC(=O)NC[C@]1(C)CCC[C@]2(C)c3ccc(C(C)C)cc3/C(=N\NC(N)=O)C[C@@H]12. The zero-order chi connectivity index (χ0) is 21.4. The minimum Gasteiger partial charge on any atom is -0.356 e. The van der Waals surface area contributed by atoms with Crippen LogP contribution in [-0.2, 0) is 10.2 Å². The quantitative estimate of drug-likeness (QED) is 0.673. The lowest BCUT2D eigenvalue weighted by Crippen LogP contribution is -2.54. The molecule has 0 unspecified atom stereocenters. The largest absolute Gasteiger partial charge is 0.356 e. The van der Waals surface area contributed by atoms with Gasteiger partial charge < -0.3 is 11.1 Å². The summed E-state index contributed by atoms with van der Waals surface area (Å²) < 4.78 is 0. The Balaban J connectivity index is 2.11. The second-order valence-electron chi connectivity index (χ2n) is 9.59. The van der Waals surface area contributed by atoms with Crippen LogP contribution in [0, 0.1) is 11.3 Å². The van der Waals surface area contributed by atoms with Crippen LogP contribution < -0.4 is 16.5 Å². The predicted octanol–water partition coefficient (Wildman–Crippen LogP) is 3.79. The van der Waals surface area contributed by atoms with Crippen molar-refractivity contribution in [3.63, 3.8) is 0 Å². The summed E-state index contributed by atoms with van der Waals surface area (Å²) in [4.78, 5) is 22.9. The average molecular weight is 399 g/mol. The number of primary amides is 1. The van der Waals surface area contributed by atoms with E-state index in [1.165, 1.54) is 11.1 Å². The van der Waals surface area contributed by atoms with Crippen molar-refractivity contribution in [3.05, 3.63) is 34.9 Å². The standard InChI is InChI=1S/C23H34N4O2/c1-14(2)16-7-8-18-17(11-16)19(26-27-21(24)29)12-20-22(4,13-25-15(3)28)9-6-10-23(18,20)5/h7-8,11,14,20H,6,9-10,12-13H2,1-5H3,(H,25,28)(H3,24,27,29)/b26-19-/t20-,22-,23+/m0/s1. The van der Waals surface area contributed by atoms with Gasteiger partial charge in [-0.2, -0.15) is 5.10 Å². The fraction of sp³-hybridized carbons (Fsp3) is 0.609. The Morgan fingerprint density at radius 3 is 2.62 bits per heavy atom. The van der Waals surface area contributed by atoms with E-state index in [-0.39, 0.29) is 16.7 Å². The summed E-state index contributed by atoms with van der Waals surface area (Å²) in [5, 5.41) is 7.46. The fourth-order valence-corrected chi connectivity index (χ4v) is 5.50. The number of hydrazone groups is 1. The van der Waals surface area contributed by atoms with E-state index in [4.69, 9.17) is 5.73 Å². The van der Waals surface area contributed by atoms with E-state index in [1.807, 2.05) is 0 Å². The highest BCUT2D eigenvalue weighted by Gasteiger charge is 2.53. The Morgan fingerprint density at radius 2 is 2.00 bits per heavy atom. The molecular weight excluding hydrogens is 364 g/mol. The lowest BCUT2D eigenvalue weighted by molar-refractivity contribution is -0.120. The molecule has 0 radical (unpaired) electrons. The van der Waals surface area contributed by atoms with E-state index in [9.17, 15) is 9.59 Å². The molecule has 1 aromatic rings. The third kappa shape index (κ3) is 4.02. The lowest BCUT2D eigenvalue weighted by atomic mass is 9.49. The molecule has 0 heterocycles. The first-order chi connectivity index (χ1) is 13.6. The van der Waals surface area contributed by atoms with Crippen molar-refractivity contribution in [1.29, 1.82) is 0 Å². The molecule has 3 rings (SSSR count). The summed E-state index contributed by atoms with van der Waals surface area (Å²) in [5.74, 6) is 0.717. The van der Waals surface area contributed by atoms with Gasteiger partial charge in [0.1, 0.15) is 0 Å². The van der Waals surface area contributed by atoms with E-state index >= 15 is 0 Å². The molecule has 2 aliphatic rings. The topological polar surface area (TPSA) is 96.6 Å². The van der Waals surface area contributed by atoms with Crippen LogP contribution >= 0.6 is 0 Å². The Hall–Kier alpha value is -2.37. The number of fused-ring (bicyclic) bond motifs is 3. The zero-order valence-electron chi connectivity index (χ0n) is 18.3. The van der Waals surface area contributed by atoms with Gasteiger partial charge in [0.15, 0.2) is 0 Å². The van der Waals surface area contributed by atoms with E-state index in [1.54, 1.807) is 6.92 Å². The van der Waals surface area contributed by atoms with Crippen LogP contribution in [0.15, 0.2) is 23.3 Å². The van der Waals surface area contributed by atoms with E-state index in [0.29, 0.717) is 18.4 Å². The van der Waals surface area contributed by atoms with Gasteiger partial charge in [-0.05, 0) is 59.1 Å². The van der Waals surface area contributed by atoms with Crippen LogP contribution in [0.3, 0.4) is 0 Å². The highest BCUT2D eigenvalue weighted by atomic mass is 16.2. The number of nitrogens with zero attached hydrogens (tertiary/aromatic N) is 1. The molecule has 1 aromatic carbocycles. The maximum absolute atomic E-state index is 11.6. The zero-order valence-corrected chi connectivity index (χ0v) is 18.3. The van der Waals surface area contributed by atoms with E-state index in [2.05, 4.69) is 61.7 Å².